The van der Waals surface area contributed by atoms with Crippen LogP contribution in [0, 0.1) is 0 Å². The van der Waals surface area contributed by atoms with Crippen LogP contribution < -0.4 is 16.4 Å². The lowest BCUT2D eigenvalue weighted by Crippen LogP contribution is -2.45. The van der Waals surface area contributed by atoms with E-state index in [4.69, 9.17) is 48.7 Å². The molecule has 0 spiro atoms. The standard InChI is InChI=1S/C27H65N5O12Si2/c1-27(2,3)44-23-26(35)20-32(19-25(34)22-43-15-5-17-46(39,40)41)13-10-30-8-7-29-9-12-31(11-6-28)18-24(33)21-42-14-4-16-45(36,37)38/h24-26,29-30,33-41H,4-23,28H2,1-3H3. The monoisotopic (exact) mass is 707 g/mol. The zero-order chi connectivity index (χ0) is 35.1. The van der Waals surface area contributed by atoms with E-state index in [0.29, 0.717) is 71.9 Å². The predicted molar refractivity (Wildman–Crippen MR) is 177 cm³/mol. The third-order valence-electron chi connectivity index (χ3n) is 6.47. The Labute approximate surface area is 276 Å². The lowest BCUT2D eigenvalue weighted by molar-refractivity contribution is -0.0601. The van der Waals surface area contributed by atoms with Gasteiger partial charge in [-0.25, -0.2) is 0 Å². The minimum Gasteiger partial charge on any atom is -0.390 e. The van der Waals surface area contributed by atoms with Gasteiger partial charge in [0.2, 0.25) is 0 Å². The Balaban J connectivity index is 4.40. The minimum atomic E-state index is -4.09. The fourth-order valence-corrected chi connectivity index (χ4v) is 5.53. The molecule has 17 nitrogen and oxygen atoms in total. The van der Waals surface area contributed by atoms with E-state index < -0.39 is 35.9 Å². The van der Waals surface area contributed by atoms with Gasteiger partial charge >= 0.3 is 17.6 Å². The first-order valence-electron chi connectivity index (χ1n) is 16.1. The second-order valence-electron chi connectivity index (χ2n) is 12.6. The van der Waals surface area contributed by atoms with E-state index in [1.807, 2.05) is 30.6 Å². The maximum atomic E-state index is 10.5. The Morgan fingerprint density at radius 2 is 1.04 bits per heavy atom. The van der Waals surface area contributed by atoms with E-state index in [2.05, 4.69) is 10.6 Å². The van der Waals surface area contributed by atoms with Crippen molar-refractivity contribution < 1.29 is 58.3 Å². The molecule has 0 fully saturated rings. The van der Waals surface area contributed by atoms with E-state index in [1.54, 1.807) is 0 Å². The van der Waals surface area contributed by atoms with Gasteiger partial charge in [-0.05, 0) is 33.6 Å². The Kier molecular flexibility index (Phi) is 25.5. The number of nitrogens with two attached hydrogens (primary N) is 1. The van der Waals surface area contributed by atoms with Crippen LogP contribution in [0.2, 0.25) is 12.1 Å². The van der Waals surface area contributed by atoms with Crippen LogP contribution in [-0.2, 0) is 14.2 Å². The summed E-state index contributed by atoms with van der Waals surface area (Å²) in [6, 6.07) is -0.236. The van der Waals surface area contributed by atoms with Gasteiger partial charge in [0.15, 0.2) is 0 Å². The van der Waals surface area contributed by atoms with Crippen molar-refractivity contribution in [3.05, 3.63) is 0 Å². The van der Waals surface area contributed by atoms with Crippen LogP contribution in [0.5, 0.6) is 0 Å². The average Bonchev–Trinajstić information content (AvgIpc) is 2.91. The zero-order valence-electron chi connectivity index (χ0n) is 28.1. The molecule has 278 valence electrons. The highest BCUT2D eigenvalue weighted by Crippen LogP contribution is 2.08. The van der Waals surface area contributed by atoms with Gasteiger partial charge in [0.05, 0.1) is 43.7 Å². The zero-order valence-corrected chi connectivity index (χ0v) is 30.1. The lowest BCUT2D eigenvalue weighted by atomic mass is 10.2. The quantitative estimate of drug-likeness (QED) is 0.0238. The van der Waals surface area contributed by atoms with Crippen LogP contribution in [0.25, 0.3) is 0 Å². The Morgan fingerprint density at radius 3 is 1.46 bits per heavy atom. The first kappa shape index (κ1) is 45.8. The Bertz CT molecular complexity index is 720. The molecule has 46 heavy (non-hydrogen) atoms. The van der Waals surface area contributed by atoms with Crippen molar-refractivity contribution in [2.24, 2.45) is 5.73 Å². The highest BCUT2D eigenvalue weighted by Gasteiger charge is 2.26. The molecule has 0 aromatic heterocycles. The van der Waals surface area contributed by atoms with E-state index in [0.717, 1.165) is 0 Å². The third-order valence-corrected chi connectivity index (χ3v) is 8.52. The Hall–Kier alpha value is -0.246. The molecule has 0 aliphatic carbocycles. The number of ether oxygens (including phenoxy) is 3. The fraction of sp³-hybridized carbons (Fsp3) is 1.00. The van der Waals surface area contributed by atoms with Crippen molar-refractivity contribution in [3.63, 3.8) is 0 Å². The molecule has 0 heterocycles. The molecule has 3 unspecified atom stereocenters. The first-order chi connectivity index (χ1) is 21.4. The normalized spacial score (nSPS) is 15.2. The summed E-state index contributed by atoms with van der Waals surface area (Å²) in [6.07, 6.45) is -1.74. The van der Waals surface area contributed by atoms with Gasteiger partial charge in [-0.2, -0.15) is 0 Å². The van der Waals surface area contributed by atoms with Crippen molar-refractivity contribution in [1.29, 1.82) is 0 Å². The van der Waals surface area contributed by atoms with Crippen molar-refractivity contribution in [2.75, 3.05) is 105 Å². The van der Waals surface area contributed by atoms with Crippen LogP contribution in [0.4, 0.5) is 0 Å². The van der Waals surface area contributed by atoms with E-state index >= 15 is 0 Å². The first-order valence-corrected chi connectivity index (χ1v) is 20.2. The summed E-state index contributed by atoms with van der Waals surface area (Å²) >= 11 is 0. The number of hydrogen-bond donors (Lipinski definition) is 12. The number of hydrogen-bond acceptors (Lipinski definition) is 17. The van der Waals surface area contributed by atoms with Crippen LogP contribution in [0.3, 0.4) is 0 Å². The summed E-state index contributed by atoms with van der Waals surface area (Å²) in [6.45, 7) is 12.3. The molecule has 3 atom stereocenters. The molecule has 0 saturated carbocycles. The van der Waals surface area contributed by atoms with Gasteiger partial charge in [-0.3, -0.25) is 9.80 Å². The summed E-state index contributed by atoms with van der Waals surface area (Å²) in [4.78, 5) is 58.2. The van der Waals surface area contributed by atoms with Crippen LogP contribution in [-0.4, -0.2) is 200 Å². The molecule has 0 saturated heterocycles. The Morgan fingerprint density at radius 1 is 0.630 bits per heavy atom. The molecule has 0 aliphatic rings. The molecule has 0 aromatic carbocycles. The molecular weight excluding hydrogens is 642 g/mol. The molecule has 0 bridgehead atoms. The summed E-state index contributed by atoms with van der Waals surface area (Å²) in [5, 5.41) is 37.9. The summed E-state index contributed by atoms with van der Waals surface area (Å²) in [5.74, 6) is 0. The highest BCUT2D eigenvalue weighted by atomic mass is 28.4. The number of nitrogens with zero attached hydrogens (tertiary/aromatic N) is 2. The third kappa shape index (κ3) is 32.3. The molecule has 0 rings (SSSR count). The van der Waals surface area contributed by atoms with E-state index in [1.165, 1.54) is 0 Å². The fourth-order valence-electron chi connectivity index (χ4n) is 4.30. The molecule has 0 amide bonds. The van der Waals surface area contributed by atoms with Gasteiger partial charge in [-0.1, -0.05) is 0 Å². The van der Waals surface area contributed by atoms with E-state index in [9.17, 15) is 15.3 Å². The lowest BCUT2D eigenvalue weighted by Gasteiger charge is -2.29. The molecular formula is C27H65N5O12Si2. The van der Waals surface area contributed by atoms with Crippen LogP contribution in [0.1, 0.15) is 33.6 Å². The maximum Gasteiger partial charge on any atom is 0.492 e. The van der Waals surface area contributed by atoms with Crippen LogP contribution >= 0.6 is 0 Å². The van der Waals surface area contributed by atoms with Crippen LogP contribution in [0.15, 0.2) is 0 Å². The highest BCUT2D eigenvalue weighted by molar-refractivity contribution is 6.56. The van der Waals surface area contributed by atoms with E-state index in [-0.39, 0.29) is 63.7 Å². The van der Waals surface area contributed by atoms with Gasteiger partial charge in [0.1, 0.15) is 0 Å². The second-order valence-corrected chi connectivity index (χ2v) is 16.7. The van der Waals surface area contributed by atoms with Gasteiger partial charge < -0.3 is 74.7 Å². The summed E-state index contributed by atoms with van der Waals surface area (Å²) in [5.41, 5.74) is 5.33. The average molecular weight is 708 g/mol. The molecule has 13 N–H and O–H groups in total. The summed E-state index contributed by atoms with van der Waals surface area (Å²) < 4.78 is 16.5. The topological polar surface area (TPSA) is 266 Å². The van der Waals surface area contributed by atoms with Crippen molar-refractivity contribution in [1.82, 2.24) is 20.4 Å². The van der Waals surface area contributed by atoms with Crippen molar-refractivity contribution >= 4 is 17.6 Å². The number of aliphatic hydroxyl groups is 3. The van der Waals surface area contributed by atoms with Gasteiger partial charge in [0, 0.05) is 97.3 Å². The molecule has 19 heteroatoms. The van der Waals surface area contributed by atoms with Gasteiger partial charge in [0.25, 0.3) is 0 Å². The van der Waals surface area contributed by atoms with Gasteiger partial charge in [-0.15, -0.1) is 0 Å². The SMILES string of the molecule is CC(C)(C)OCC(O)CN(CCNCCNCCN(CCN)CC(O)COCCC[Si](O)(O)O)CC(O)COCCC[Si](O)(O)O. The number of rotatable bonds is 31. The molecule has 0 radical (unpaired) electrons. The predicted octanol–water partition coefficient (Wildman–Crippen LogP) is -4.73. The summed E-state index contributed by atoms with van der Waals surface area (Å²) in [7, 11) is -8.15. The number of nitrogens with one attached hydrogen (secondary N) is 2. The van der Waals surface area contributed by atoms with Crippen molar-refractivity contribution in [3.8, 4) is 0 Å². The molecule has 0 aliphatic heterocycles. The molecule has 0 aromatic rings. The number of aliphatic hydroxyl groups excluding tert-OH is 3. The smallest absolute Gasteiger partial charge is 0.390 e. The minimum absolute atomic E-state index is 0.0340. The largest absolute Gasteiger partial charge is 0.492 e. The maximum absolute atomic E-state index is 10.5. The van der Waals surface area contributed by atoms with Crippen molar-refractivity contribution in [2.45, 2.75) is 69.6 Å². The second kappa shape index (κ2) is 25.7.